The third-order valence-corrected chi connectivity index (χ3v) is 6.56. The average Bonchev–Trinajstić information content (AvgIpc) is 3.47. The number of hydrogen-bond acceptors (Lipinski definition) is 7. The molecule has 2 aromatic rings. The van der Waals surface area contributed by atoms with E-state index in [2.05, 4.69) is 21.3 Å². The maximum Gasteiger partial charge on any atom is 0.326 e. The van der Waals surface area contributed by atoms with Crippen LogP contribution in [0.2, 0.25) is 0 Å². The monoisotopic (exact) mass is 554 g/mol. The van der Waals surface area contributed by atoms with Gasteiger partial charge in [-0.1, -0.05) is 42.5 Å². The van der Waals surface area contributed by atoms with Crippen LogP contribution in [-0.2, 0) is 36.8 Å². The van der Waals surface area contributed by atoms with Gasteiger partial charge in [0, 0.05) is 19.3 Å². The van der Waals surface area contributed by atoms with E-state index in [1.54, 1.807) is 42.5 Å². The number of amides is 3. The zero-order valence-corrected chi connectivity index (χ0v) is 21.8. The van der Waals surface area contributed by atoms with Crippen molar-refractivity contribution in [2.45, 2.75) is 62.7 Å². The lowest BCUT2D eigenvalue weighted by Gasteiger charge is -2.25. The maximum atomic E-state index is 13.5. The molecule has 1 heterocycles. The molecule has 3 rings (SSSR count). The molecule has 2 aromatic carbocycles. The van der Waals surface area contributed by atoms with E-state index in [4.69, 9.17) is 5.11 Å². The number of hydrogen-bond donors (Lipinski definition) is 7. The molecule has 4 atom stereocenters. The van der Waals surface area contributed by atoms with Crippen molar-refractivity contribution in [2.75, 3.05) is 6.54 Å². The maximum absolute atomic E-state index is 13.5. The fourth-order valence-electron chi connectivity index (χ4n) is 4.39. The van der Waals surface area contributed by atoms with Gasteiger partial charge in [0.1, 0.15) is 23.9 Å². The fraction of sp³-hybridized carbons (Fsp3) is 0.393. The molecule has 0 spiro atoms. The van der Waals surface area contributed by atoms with Crippen LogP contribution in [0.5, 0.6) is 5.75 Å². The summed E-state index contributed by atoms with van der Waals surface area (Å²) in [6, 6.07) is 10.7. The molecule has 4 unspecified atom stereocenters. The van der Waals surface area contributed by atoms with Gasteiger partial charge in [-0.2, -0.15) is 0 Å². The largest absolute Gasteiger partial charge is 0.508 e. The summed E-state index contributed by atoms with van der Waals surface area (Å²) in [6.07, 6.45) is 0.720. The molecule has 0 aliphatic carbocycles. The Morgan fingerprint density at radius 2 is 1.38 bits per heavy atom. The third kappa shape index (κ3) is 9.38. The molecule has 3 amide bonds. The van der Waals surface area contributed by atoms with Gasteiger partial charge < -0.3 is 36.6 Å². The van der Waals surface area contributed by atoms with Crippen molar-refractivity contribution < 1.29 is 39.3 Å². The molecule has 7 N–H and O–H groups in total. The second-order valence-corrected chi connectivity index (χ2v) is 9.66. The number of nitrogens with one attached hydrogen (secondary N) is 4. The molecule has 12 nitrogen and oxygen atoms in total. The minimum absolute atomic E-state index is 0.0216. The molecule has 1 aliphatic rings. The van der Waals surface area contributed by atoms with Crippen molar-refractivity contribution in [3.8, 4) is 5.75 Å². The number of carbonyl (C=O) groups is 5. The highest BCUT2D eigenvalue weighted by Crippen LogP contribution is 2.13. The molecule has 1 aliphatic heterocycles. The fourth-order valence-corrected chi connectivity index (χ4v) is 4.39. The summed E-state index contributed by atoms with van der Waals surface area (Å²) in [5.41, 5.74) is 1.34. The molecule has 214 valence electrons. The van der Waals surface area contributed by atoms with Crippen molar-refractivity contribution in [1.82, 2.24) is 21.3 Å². The Balaban J connectivity index is 1.81. The van der Waals surface area contributed by atoms with Crippen LogP contribution < -0.4 is 21.3 Å². The summed E-state index contributed by atoms with van der Waals surface area (Å²) in [5.74, 6) is -4.39. The summed E-state index contributed by atoms with van der Waals surface area (Å²) < 4.78 is 0. The van der Waals surface area contributed by atoms with Gasteiger partial charge in [-0.3, -0.25) is 19.2 Å². The highest BCUT2D eigenvalue weighted by molar-refractivity contribution is 5.94. The van der Waals surface area contributed by atoms with E-state index in [9.17, 15) is 34.2 Å². The van der Waals surface area contributed by atoms with Gasteiger partial charge in [0.25, 0.3) is 0 Å². The van der Waals surface area contributed by atoms with Gasteiger partial charge in [0.15, 0.2) is 0 Å². The molecule has 0 bridgehead atoms. The van der Waals surface area contributed by atoms with Crippen LogP contribution in [0, 0.1) is 0 Å². The van der Waals surface area contributed by atoms with E-state index in [1.165, 1.54) is 12.1 Å². The highest BCUT2D eigenvalue weighted by Gasteiger charge is 2.32. The van der Waals surface area contributed by atoms with Crippen LogP contribution in [-0.4, -0.2) is 75.7 Å². The molecule has 0 aromatic heterocycles. The predicted octanol–water partition coefficient (Wildman–Crippen LogP) is 0.333. The Morgan fingerprint density at radius 3 is 1.93 bits per heavy atom. The molecule has 1 saturated heterocycles. The molecular formula is C28H34N4O8. The van der Waals surface area contributed by atoms with E-state index in [0.717, 1.165) is 6.42 Å². The van der Waals surface area contributed by atoms with Gasteiger partial charge in [0.2, 0.25) is 17.7 Å². The zero-order valence-electron chi connectivity index (χ0n) is 21.8. The minimum Gasteiger partial charge on any atom is -0.508 e. The first-order valence-electron chi connectivity index (χ1n) is 13.0. The number of carboxylic acids is 2. The lowest BCUT2D eigenvalue weighted by Crippen LogP contribution is -2.58. The Hall–Kier alpha value is -4.45. The Kier molecular flexibility index (Phi) is 11.0. The molecule has 40 heavy (non-hydrogen) atoms. The summed E-state index contributed by atoms with van der Waals surface area (Å²) >= 11 is 0. The minimum atomic E-state index is -1.47. The van der Waals surface area contributed by atoms with Crippen molar-refractivity contribution in [3.63, 3.8) is 0 Å². The van der Waals surface area contributed by atoms with Crippen molar-refractivity contribution in [1.29, 1.82) is 0 Å². The Labute approximate surface area is 231 Å². The first-order valence-corrected chi connectivity index (χ1v) is 13.0. The van der Waals surface area contributed by atoms with Crippen LogP contribution in [0.15, 0.2) is 54.6 Å². The lowest BCUT2D eigenvalue weighted by molar-refractivity contribution is -0.143. The Bertz CT molecular complexity index is 1180. The first-order chi connectivity index (χ1) is 19.1. The van der Waals surface area contributed by atoms with E-state index in [1.807, 2.05) is 0 Å². The summed E-state index contributed by atoms with van der Waals surface area (Å²) in [5, 5.41) is 38.9. The van der Waals surface area contributed by atoms with E-state index < -0.39 is 54.3 Å². The molecule has 12 heteroatoms. The first kappa shape index (κ1) is 30.1. The average molecular weight is 555 g/mol. The second kappa shape index (κ2) is 14.6. The molecule has 1 fully saturated rings. The molecule has 0 radical (unpaired) electrons. The van der Waals surface area contributed by atoms with E-state index in [0.29, 0.717) is 24.1 Å². The van der Waals surface area contributed by atoms with E-state index >= 15 is 0 Å². The van der Waals surface area contributed by atoms with Gasteiger partial charge in [-0.05, 0) is 49.1 Å². The summed E-state index contributed by atoms with van der Waals surface area (Å²) in [6.45, 7) is 0.679. The van der Waals surface area contributed by atoms with Gasteiger partial charge >= 0.3 is 11.9 Å². The van der Waals surface area contributed by atoms with Crippen molar-refractivity contribution in [2.24, 2.45) is 0 Å². The quantitative estimate of drug-likeness (QED) is 0.172. The smallest absolute Gasteiger partial charge is 0.326 e. The predicted molar refractivity (Wildman–Crippen MR) is 143 cm³/mol. The topological polar surface area (TPSA) is 194 Å². The van der Waals surface area contributed by atoms with Gasteiger partial charge in [-0.25, -0.2) is 4.79 Å². The number of benzene rings is 2. The number of carbonyl (C=O) groups excluding carboxylic acids is 3. The number of phenolic OH excluding ortho intramolecular Hbond substituents is 1. The number of aliphatic carboxylic acids is 2. The SMILES string of the molecule is O=C(O)CCC(NC(=O)C(Cc1ccccc1)NC(=O)C(Cc1ccc(O)cc1)NC(=O)C1CCCN1)C(=O)O. The second-order valence-electron chi connectivity index (χ2n) is 9.66. The number of carboxylic acid groups (broad SMARTS) is 2. The summed E-state index contributed by atoms with van der Waals surface area (Å²) in [4.78, 5) is 62.3. The third-order valence-electron chi connectivity index (χ3n) is 6.56. The van der Waals surface area contributed by atoms with Crippen LogP contribution >= 0.6 is 0 Å². The molecule has 0 saturated carbocycles. The number of rotatable bonds is 14. The zero-order chi connectivity index (χ0) is 29.1. The molecular weight excluding hydrogens is 520 g/mol. The van der Waals surface area contributed by atoms with Crippen LogP contribution in [0.25, 0.3) is 0 Å². The van der Waals surface area contributed by atoms with Crippen LogP contribution in [0.3, 0.4) is 0 Å². The van der Waals surface area contributed by atoms with Crippen molar-refractivity contribution >= 4 is 29.7 Å². The van der Waals surface area contributed by atoms with Gasteiger partial charge in [-0.15, -0.1) is 0 Å². The van der Waals surface area contributed by atoms with Crippen LogP contribution in [0.4, 0.5) is 0 Å². The number of aromatic hydroxyl groups is 1. The van der Waals surface area contributed by atoms with Crippen LogP contribution in [0.1, 0.15) is 36.8 Å². The summed E-state index contributed by atoms with van der Waals surface area (Å²) in [7, 11) is 0. The highest BCUT2D eigenvalue weighted by atomic mass is 16.4. The Morgan fingerprint density at radius 1 is 0.800 bits per heavy atom. The lowest BCUT2D eigenvalue weighted by atomic mass is 10.0. The number of phenols is 1. The normalized spacial score (nSPS) is 16.8. The van der Waals surface area contributed by atoms with Gasteiger partial charge in [0.05, 0.1) is 6.04 Å². The van der Waals surface area contributed by atoms with Crippen molar-refractivity contribution in [3.05, 3.63) is 65.7 Å². The van der Waals surface area contributed by atoms with E-state index in [-0.39, 0.29) is 30.9 Å². The standard InChI is InChI=1S/C28H34N4O8/c33-19-10-8-18(9-11-19)16-23(31-25(36)20-7-4-14-29-20)27(38)32-22(15-17-5-2-1-3-6-17)26(37)30-21(28(39)40)12-13-24(34)35/h1-3,5-6,8-11,20-23,29,33H,4,7,12-16H2,(H,30,37)(H,31,36)(H,32,38)(H,34,35)(H,39,40).